The molecule has 2 aromatic rings. The van der Waals surface area contributed by atoms with E-state index in [1.54, 1.807) is 0 Å². The maximum absolute atomic E-state index is 10.2. The Morgan fingerprint density at radius 2 is 0.906 bits per heavy atom. The Balaban J connectivity index is 0. The predicted octanol–water partition coefficient (Wildman–Crippen LogP) is -3.64. The number of hydrogen-bond donors (Lipinski definition) is 4. The van der Waals surface area contributed by atoms with Crippen LogP contribution < -0.4 is 21.7 Å². The molecule has 0 saturated carbocycles. The summed E-state index contributed by atoms with van der Waals surface area (Å²) < 4.78 is 0. The number of non-ortho nitro benzene ring substituents is 2. The van der Waals surface area contributed by atoms with Crippen molar-refractivity contribution < 1.29 is 51.3 Å². The second kappa shape index (κ2) is 17.8. The van der Waals surface area contributed by atoms with Crippen LogP contribution in [0, 0.1) is 20.2 Å². The smallest absolute Gasteiger partial charge is 0.269 e. The first-order valence-corrected chi connectivity index (χ1v) is 8.77. The van der Waals surface area contributed by atoms with E-state index in [2.05, 4.69) is 11.5 Å². The van der Waals surface area contributed by atoms with Crippen LogP contribution in [-0.2, 0) is 0 Å². The molecule has 14 heteroatoms. The zero-order chi connectivity index (χ0) is 25.1. The number of carboxylic acids is 2. The molecule has 0 spiro atoms. The Morgan fingerprint density at radius 1 is 0.688 bits per heavy atom. The van der Waals surface area contributed by atoms with Gasteiger partial charge in [-0.2, -0.15) is 0 Å². The lowest BCUT2D eigenvalue weighted by Crippen LogP contribution is -2.51. The summed E-state index contributed by atoms with van der Waals surface area (Å²) in [5, 5.41) is 56.3. The number of benzene rings is 2. The van der Waals surface area contributed by atoms with E-state index in [1.807, 2.05) is 0 Å². The first-order valence-electron chi connectivity index (χ1n) is 8.77. The molecule has 0 aliphatic carbocycles. The van der Waals surface area contributed by atoms with Crippen LogP contribution in [-0.4, -0.2) is 58.3 Å². The fourth-order valence-corrected chi connectivity index (χ4v) is 1.44. The van der Waals surface area contributed by atoms with Gasteiger partial charge in [0.05, 0.1) is 48.1 Å². The third kappa shape index (κ3) is 14.1. The number of carboxylic acid groups (broad SMARTS) is 2. The number of carbonyl (C=O) groups excluding carboxylic acids is 2. The highest BCUT2D eigenvalue weighted by molar-refractivity contribution is 5.86. The van der Waals surface area contributed by atoms with Crippen LogP contribution in [0.2, 0.25) is 0 Å². The van der Waals surface area contributed by atoms with Crippen LogP contribution in [0.15, 0.2) is 48.5 Å². The highest BCUT2D eigenvalue weighted by Gasteiger charge is 2.04. The van der Waals surface area contributed by atoms with E-state index in [0.717, 1.165) is 48.5 Å². The molecule has 14 nitrogen and oxygen atoms in total. The Kier molecular flexibility index (Phi) is 16.8. The third-order valence-corrected chi connectivity index (χ3v) is 2.94. The summed E-state index contributed by atoms with van der Waals surface area (Å²) >= 11 is 0. The number of aliphatic hydroxyl groups excluding tert-OH is 2. The summed E-state index contributed by atoms with van der Waals surface area (Å²) in [7, 11) is 0. The number of aliphatic hydroxyl groups is 2. The van der Waals surface area contributed by atoms with Crippen LogP contribution >= 0.6 is 0 Å². The summed E-state index contributed by atoms with van der Waals surface area (Å²) in [6.07, 6.45) is 0. The average Bonchev–Trinajstić information content (AvgIpc) is 2.79. The lowest BCUT2D eigenvalue weighted by Gasteiger charge is -1.99. The largest absolute Gasteiger partial charge is 0.545 e. The quantitative estimate of drug-likeness (QED) is 0.244. The van der Waals surface area contributed by atoms with Gasteiger partial charge in [-0.05, 0) is 35.4 Å². The molecular formula is C18H24N4O10. The molecule has 0 atom stereocenters. The summed E-state index contributed by atoms with van der Waals surface area (Å²) in [5.74, 6) is -2.69. The minimum absolute atomic E-state index is 0.0689. The normalized spacial score (nSPS) is 8.88. The third-order valence-electron chi connectivity index (χ3n) is 2.94. The number of nitro benzene ring substituents is 2. The van der Waals surface area contributed by atoms with Crippen LogP contribution in [0.5, 0.6) is 0 Å². The van der Waals surface area contributed by atoms with Gasteiger partial charge in [-0.15, -0.1) is 0 Å². The molecule has 0 amide bonds. The van der Waals surface area contributed by atoms with Gasteiger partial charge in [-0.3, -0.25) is 20.2 Å². The molecule has 0 fully saturated rings. The summed E-state index contributed by atoms with van der Waals surface area (Å²) in [5.41, 5.74) is 6.29. The lowest BCUT2D eigenvalue weighted by molar-refractivity contribution is -0.385. The van der Waals surface area contributed by atoms with Crippen LogP contribution in [0.4, 0.5) is 11.4 Å². The number of rotatable bonds is 6. The summed E-state index contributed by atoms with van der Waals surface area (Å²) in [4.78, 5) is 39.5. The van der Waals surface area contributed by atoms with E-state index >= 15 is 0 Å². The monoisotopic (exact) mass is 456 g/mol. The van der Waals surface area contributed by atoms with Gasteiger partial charge in [0, 0.05) is 24.3 Å². The topological polar surface area (TPSA) is 262 Å². The number of aromatic carboxylic acids is 2. The zero-order valence-electron chi connectivity index (χ0n) is 16.9. The molecule has 0 aliphatic heterocycles. The Labute approximate surface area is 181 Å². The number of hydrogen-bond acceptors (Lipinski definition) is 10. The second-order valence-electron chi connectivity index (χ2n) is 5.34. The molecule has 2 aromatic carbocycles. The highest BCUT2D eigenvalue weighted by Crippen LogP contribution is 2.11. The van der Waals surface area contributed by atoms with Crippen LogP contribution in [0.1, 0.15) is 20.7 Å². The van der Waals surface area contributed by atoms with E-state index in [-0.39, 0.29) is 35.7 Å². The molecule has 0 bridgehead atoms. The minimum atomic E-state index is -1.34. The lowest BCUT2D eigenvalue weighted by atomic mass is 10.2. The number of quaternary nitrogens is 2. The van der Waals surface area contributed by atoms with Gasteiger partial charge in [0.2, 0.25) is 0 Å². The van der Waals surface area contributed by atoms with E-state index in [1.165, 1.54) is 0 Å². The summed E-state index contributed by atoms with van der Waals surface area (Å²) in [6, 6.07) is 8.99. The second-order valence-corrected chi connectivity index (χ2v) is 5.34. The van der Waals surface area contributed by atoms with Crippen molar-refractivity contribution in [2.45, 2.75) is 0 Å². The fourth-order valence-electron chi connectivity index (χ4n) is 1.44. The molecule has 0 aromatic heterocycles. The van der Waals surface area contributed by atoms with Gasteiger partial charge in [0.25, 0.3) is 11.4 Å². The van der Waals surface area contributed by atoms with Crippen molar-refractivity contribution in [1.82, 2.24) is 0 Å². The van der Waals surface area contributed by atoms with Gasteiger partial charge in [-0.1, -0.05) is 0 Å². The van der Waals surface area contributed by atoms with E-state index < -0.39 is 21.8 Å². The Bertz CT molecular complexity index is 700. The van der Waals surface area contributed by atoms with Crippen molar-refractivity contribution in [3.63, 3.8) is 0 Å². The molecule has 0 radical (unpaired) electrons. The van der Waals surface area contributed by atoms with Crippen molar-refractivity contribution in [3.8, 4) is 0 Å². The van der Waals surface area contributed by atoms with Gasteiger partial charge in [0.15, 0.2) is 0 Å². The molecule has 32 heavy (non-hydrogen) atoms. The Hall–Kier alpha value is -3.98. The van der Waals surface area contributed by atoms with Gasteiger partial charge >= 0.3 is 0 Å². The van der Waals surface area contributed by atoms with Crippen molar-refractivity contribution in [1.29, 1.82) is 0 Å². The molecule has 8 N–H and O–H groups in total. The van der Waals surface area contributed by atoms with Gasteiger partial charge in [0.1, 0.15) is 0 Å². The highest BCUT2D eigenvalue weighted by atomic mass is 16.6. The van der Waals surface area contributed by atoms with E-state index in [9.17, 15) is 40.0 Å². The number of nitrogens with zero attached hydrogens (tertiary/aromatic N) is 2. The van der Waals surface area contributed by atoms with Crippen LogP contribution in [0.3, 0.4) is 0 Å². The molecular weight excluding hydrogens is 432 g/mol. The molecule has 0 aliphatic rings. The SMILES string of the molecule is O=C([O-])c1ccc([N+](=O)[O-])cc1.O=C([O-])c1ccc([N+](=O)[O-])cc1.[NH3+]CCO.[NH3+]CCO. The first-order chi connectivity index (χ1) is 15.0. The Morgan fingerprint density at radius 3 is 1.03 bits per heavy atom. The zero-order valence-corrected chi connectivity index (χ0v) is 16.9. The molecule has 0 unspecified atom stereocenters. The standard InChI is InChI=1S/2C7H5NO4.2C2H7NO/c2*9-7(10)5-1-3-6(4-2-5)8(11)12;2*3-1-2-4/h2*1-4H,(H,9,10);2*4H,1-3H2. The van der Waals surface area contributed by atoms with E-state index in [4.69, 9.17) is 10.2 Å². The van der Waals surface area contributed by atoms with Crippen molar-refractivity contribution in [2.24, 2.45) is 0 Å². The van der Waals surface area contributed by atoms with Crippen molar-refractivity contribution >= 4 is 23.3 Å². The minimum Gasteiger partial charge on any atom is -0.545 e. The fraction of sp³-hybridized carbons (Fsp3) is 0.222. The average molecular weight is 456 g/mol. The van der Waals surface area contributed by atoms with Gasteiger partial charge < -0.3 is 41.5 Å². The van der Waals surface area contributed by atoms with Gasteiger partial charge in [-0.25, -0.2) is 0 Å². The van der Waals surface area contributed by atoms with Crippen molar-refractivity contribution in [2.75, 3.05) is 26.3 Å². The van der Waals surface area contributed by atoms with Crippen molar-refractivity contribution in [3.05, 3.63) is 79.9 Å². The maximum atomic E-state index is 10.2. The first kappa shape index (κ1) is 30.2. The van der Waals surface area contributed by atoms with E-state index in [0.29, 0.717) is 13.1 Å². The molecule has 0 heterocycles. The molecule has 2 rings (SSSR count). The number of nitro groups is 2. The number of carbonyl (C=O) groups is 2. The maximum Gasteiger partial charge on any atom is 0.269 e. The molecule has 176 valence electrons. The molecule has 0 saturated heterocycles. The predicted molar refractivity (Wildman–Crippen MR) is 105 cm³/mol. The summed E-state index contributed by atoms with van der Waals surface area (Å²) in [6.45, 7) is 1.67. The van der Waals surface area contributed by atoms with Crippen LogP contribution in [0.25, 0.3) is 0 Å².